The molecule has 1 aliphatic heterocycles. The molecule has 1 N–H and O–H groups in total. The molecule has 0 amide bonds. The lowest BCUT2D eigenvalue weighted by Crippen LogP contribution is -2.12. The standard InChI is InChI=1S/C31H42O5/c32-30(33)21-13-3-1-11-19-28(25-15-7-5-8-16-25)29(26-17-9-6-10-18-26)20-12-2-4-14-22-31(34)36-24-27-23-35-27/h5-10,15-18,27-29H,1-4,11-14,19-24H2,(H,32,33). The van der Waals surface area contributed by atoms with Gasteiger partial charge in [0.15, 0.2) is 0 Å². The lowest BCUT2D eigenvalue weighted by molar-refractivity contribution is -0.144. The molecule has 3 unspecified atom stereocenters. The van der Waals surface area contributed by atoms with Crippen molar-refractivity contribution >= 4 is 11.9 Å². The summed E-state index contributed by atoms with van der Waals surface area (Å²) in [4.78, 5) is 22.6. The maximum atomic E-state index is 11.8. The van der Waals surface area contributed by atoms with Crippen molar-refractivity contribution in [2.45, 2.75) is 95.0 Å². The monoisotopic (exact) mass is 494 g/mol. The van der Waals surface area contributed by atoms with Crippen molar-refractivity contribution in [2.24, 2.45) is 0 Å². The molecule has 2 aromatic carbocycles. The molecule has 2 aromatic rings. The molecule has 0 saturated carbocycles. The minimum Gasteiger partial charge on any atom is -0.481 e. The fraction of sp³-hybridized carbons (Fsp3) is 0.548. The third-order valence-electron chi connectivity index (χ3n) is 7.08. The fourth-order valence-corrected chi connectivity index (χ4v) is 5.00. The van der Waals surface area contributed by atoms with Gasteiger partial charge in [-0.1, -0.05) is 99.2 Å². The lowest BCUT2D eigenvalue weighted by Gasteiger charge is -2.29. The van der Waals surface area contributed by atoms with E-state index in [1.165, 1.54) is 11.1 Å². The van der Waals surface area contributed by atoms with Gasteiger partial charge < -0.3 is 14.6 Å². The molecule has 1 heterocycles. The number of carbonyl (C=O) groups is 2. The third kappa shape index (κ3) is 10.9. The molecule has 0 aliphatic carbocycles. The van der Waals surface area contributed by atoms with Crippen LogP contribution in [-0.4, -0.2) is 36.4 Å². The largest absolute Gasteiger partial charge is 0.481 e. The van der Waals surface area contributed by atoms with Gasteiger partial charge in [0.05, 0.1) is 6.61 Å². The van der Waals surface area contributed by atoms with Crippen molar-refractivity contribution in [3.63, 3.8) is 0 Å². The van der Waals surface area contributed by atoms with Crippen molar-refractivity contribution in [3.8, 4) is 0 Å². The van der Waals surface area contributed by atoms with Crippen molar-refractivity contribution in [1.82, 2.24) is 0 Å². The van der Waals surface area contributed by atoms with Gasteiger partial charge in [0, 0.05) is 12.8 Å². The van der Waals surface area contributed by atoms with Crippen LogP contribution in [0.1, 0.15) is 100 Å². The van der Waals surface area contributed by atoms with Gasteiger partial charge in [0.25, 0.3) is 0 Å². The number of hydrogen-bond acceptors (Lipinski definition) is 4. The van der Waals surface area contributed by atoms with E-state index in [1.807, 2.05) is 0 Å². The van der Waals surface area contributed by atoms with Crippen LogP contribution >= 0.6 is 0 Å². The topological polar surface area (TPSA) is 76.1 Å². The van der Waals surface area contributed by atoms with E-state index in [2.05, 4.69) is 60.7 Å². The zero-order valence-electron chi connectivity index (χ0n) is 21.5. The molecule has 0 aromatic heterocycles. The second-order valence-electron chi connectivity index (χ2n) is 9.97. The summed E-state index contributed by atoms with van der Waals surface area (Å²) in [6.07, 6.45) is 11.2. The summed E-state index contributed by atoms with van der Waals surface area (Å²) < 4.78 is 10.3. The van der Waals surface area contributed by atoms with E-state index in [1.54, 1.807) is 0 Å². The molecule has 5 heteroatoms. The summed E-state index contributed by atoms with van der Waals surface area (Å²) in [6.45, 7) is 1.11. The smallest absolute Gasteiger partial charge is 0.305 e. The quantitative estimate of drug-likeness (QED) is 0.126. The summed E-state index contributed by atoms with van der Waals surface area (Å²) in [5, 5.41) is 8.89. The number of ether oxygens (including phenoxy) is 2. The number of benzene rings is 2. The van der Waals surface area contributed by atoms with E-state index >= 15 is 0 Å². The molecule has 36 heavy (non-hydrogen) atoms. The molecule has 0 bridgehead atoms. The van der Waals surface area contributed by atoms with E-state index in [-0.39, 0.29) is 18.5 Å². The minimum absolute atomic E-state index is 0.111. The van der Waals surface area contributed by atoms with Crippen LogP contribution in [-0.2, 0) is 19.1 Å². The van der Waals surface area contributed by atoms with Gasteiger partial charge in [-0.3, -0.25) is 9.59 Å². The number of unbranched alkanes of at least 4 members (excludes halogenated alkanes) is 6. The highest BCUT2D eigenvalue weighted by Gasteiger charge is 2.25. The number of esters is 1. The summed E-state index contributed by atoms with van der Waals surface area (Å²) in [5.74, 6) is 0.0648. The fourth-order valence-electron chi connectivity index (χ4n) is 5.00. The summed E-state index contributed by atoms with van der Waals surface area (Å²) >= 11 is 0. The highest BCUT2D eigenvalue weighted by Crippen LogP contribution is 2.40. The van der Waals surface area contributed by atoms with Crippen LogP contribution < -0.4 is 0 Å². The van der Waals surface area contributed by atoms with Crippen molar-refractivity contribution in [3.05, 3.63) is 71.8 Å². The van der Waals surface area contributed by atoms with Crippen molar-refractivity contribution < 1.29 is 24.2 Å². The van der Waals surface area contributed by atoms with Gasteiger partial charge in [-0.15, -0.1) is 0 Å². The van der Waals surface area contributed by atoms with Crippen molar-refractivity contribution in [2.75, 3.05) is 13.2 Å². The Hall–Kier alpha value is -2.66. The molecule has 0 spiro atoms. The highest BCUT2D eigenvalue weighted by molar-refractivity contribution is 5.69. The Bertz CT molecular complexity index is 878. The van der Waals surface area contributed by atoms with E-state index in [9.17, 15) is 9.59 Å². The molecule has 0 radical (unpaired) electrons. The summed E-state index contributed by atoms with van der Waals surface area (Å²) in [5.41, 5.74) is 2.78. The molecule has 196 valence electrons. The number of epoxide rings is 1. The van der Waals surface area contributed by atoms with Crippen LogP contribution in [0.4, 0.5) is 0 Å². The van der Waals surface area contributed by atoms with Gasteiger partial charge in [0.1, 0.15) is 12.7 Å². The number of rotatable bonds is 19. The first kappa shape index (κ1) is 27.9. The second kappa shape index (κ2) is 16.2. The molecule has 1 aliphatic rings. The number of aliphatic carboxylic acids is 1. The molecular formula is C31H42O5. The zero-order chi connectivity index (χ0) is 25.4. The second-order valence-corrected chi connectivity index (χ2v) is 9.97. The van der Waals surface area contributed by atoms with Crippen LogP contribution in [0.5, 0.6) is 0 Å². The zero-order valence-corrected chi connectivity index (χ0v) is 21.5. The highest BCUT2D eigenvalue weighted by atomic mass is 16.6. The van der Waals surface area contributed by atoms with Crippen LogP contribution in [0.15, 0.2) is 60.7 Å². The van der Waals surface area contributed by atoms with Crippen LogP contribution in [0.3, 0.4) is 0 Å². The Morgan fingerprint density at radius 3 is 1.69 bits per heavy atom. The third-order valence-corrected chi connectivity index (χ3v) is 7.08. The number of carboxylic acid groups (broad SMARTS) is 1. The Morgan fingerprint density at radius 2 is 1.22 bits per heavy atom. The van der Waals surface area contributed by atoms with Gasteiger partial charge in [-0.25, -0.2) is 0 Å². The molecule has 1 fully saturated rings. The average molecular weight is 495 g/mol. The Kier molecular flexibility index (Phi) is 12.5. The first-order valence-corrected chi connectivity index (χ1v) is 13.7. The molecule has 1 saturated heterocycles. The van der Waals surface area contributed by atoms with Crippen LogP contribution in [0.2, 0.25) is 0 Å². The lowest BCUT2D eigenvalue weighted by atomic mass is 9.76. The Balaban J connectivity index is 1.52. The van der Waals surface area contributed by atoms with E-state index in [4.69, 9.17) is 14.6 Å². The minimum atomic E-state index is -0.703. The van der Waals surface area contributed by atoms with E-state index < -0.39 is 5.97 Å². The van der Waals surface area contributed by atoms with Gasteiger partial charge in [-0.05, 0) is 48.6 Å². The van der Waals surface area contributed by atoms with Crippen LogP contribution in [0.25, 0.3) is 0 Å². The average Bonchev–Trinajstić information content (AvgIpc) is 3.73. The number of carboxylic acids is 1. The predicted molar refractivity (Wildman–Crippen MR) is 142 cm³/mol. The predicted octanol–water partition coefficient (Wildman–Crippen LogP) is 7.26. The molecule has 5 nitrogen and oxygen atoms in total. The summed E-state index contributed by atoms with van der Waals surface area (Å²) in [6, 6.07) is 21.7. The molecule has 3 atom stereocenters. The number of carbonyl (C=O) groups excluding carboxylic acids is 1. The SMILES string of the molecule is O=C(O)CCCCCCC(c1ccccc1)C(CCCCCCC(=O)OCC1CO1)c1ccccc1. The van der Waals surface area contributed by atoms with Gasteiger partial charge in [0.2, 0.25) is 0 Å². The van der Waals surface area contributed by atoms with E-state index in [0.717, 1.165) is 64.2 Å². The maximum absolute atomic E-state index is 11.8. The van der Waals surface area contributed by atoms with E-state index in [0.29, 0.717) is 31.5 Å². The first-order valence-electron chi connectivity index (χ1n) is 13.7. The van der Waals surface area contributed by atoms with Crippen LogP contribution in [0, 0.1) is 0 Å². The van der Waals surface area contributed by atoms with Gasteiger partial charge >= 0.3 is 11.9 Å². The normalized spacial score (nSPS) is 16.3. The Labute approximate surface area is 216 Å². The first-order chi connectivity index (χ1) is 17.6. The molecule has 3 rings (SSSR count). The van der Waals surface area contributed by atoms with Gasteiger partial charge in [-0.2, -0.15) is 0 Å². The summed E-state index contributed by atoms with van der Waals surface area (Å²) in [7, 11) is 0. The number of hydrogen-bond donors (Lipinski definition) is 1. The van der Waals surface area contributed by atoms with Crippen molar-refractivity contribution in [1.29, 1.82) is 0 Å². The molecular weight excluding hydrogens is 452 g/mol. The maximum Gasteiger partial charge on any atom is 0.305 e. The Morgan fingerprint density at radius 1 is 0.750 bits per heavy atom.